The van der Waals surface area contributed by atoms with E-state index in [-0.39, 0.29) is 0 Å². The van der Waals surface area contributed by atoms with Gasteiger partial charge in [0, 0.05) is 19.1 Å². The number of sulfonamides is 1. The fraction of sp³-hybridized carbons (Fsp3) is 1.00. The van der Waals surface area contributed by atoms with Crippen LogP contribution in [-0.2, 0) is 10.0 Å². The molecule has 0 aromatic carbocycles. The molecule has 0 aliphatic carbocycles. The third-order valence-electron chi connectivity index (χ3n) is 3.93. The van der Waals surface area contributed by atoms with Gasteiger partial charge in [-0.2, -0.15) is 0 Å². The zero-order chi connectivity index (χ0) is 14.3. The molecule has 1 N–H and O–H groups in total. The zero-order valence-electron chi connectivity index (χ0n) is 12.7. The molecule has 1 aliphatic heterocycles. The van der Waals surface area contributed by atoms with Gasteiger partial charge >= 0.3 is 0 Å². The summed E-state index contributed by atoms with van der Waals surface area (Å²) in [6, 6.07) is 0.477. The van der Waals surface area contributed by atoms with E-state index in [1.165, 1.54) is 6.42 Å². The smallest absolute Gasteiger partial charge is 0.214 e. The minimum atomic E-state index is -3.01. The first kappa shape index (κ1) is 16.9. The second-order valence-corrected chi connectivity index (χ2v) is 7.97. The van der Waals surface area contributed by atoms with E-state index < -0.39 is 10.0 Å². The molecule has 0 unspecified atom stereocenters. The molecule has 1 saturated heterocycles. The van der Waals surface area contributed by atoms with Crippen molar-refractivity contribution in [2.24, 2.45) is 5.92 Å². The van der Waals surface area contributed by atoms with Crippen molar-refractivity contribution >= 4 is 10.0 Å². The Labute approximate surface area is 119 Å². The number of nitrogens with one attached hydrogen (secondary N) is 1. The maximum absolute atomic E-state index is 12.2. The summed E-state index contributed by atoms with van der Waals surface area (Å²) in [6.07, 6.45) is 4.93. The van der Waals surface area contributed by atoms with Crippen molar-refractivity contribution in [2.45, 2.75) is 58.9 Å². The van der Waals surface area contributed by atoms with Gasteiger partial charge in [0.25, 0.3) is 0 Å². The molecule has 1 rings (SSSR count). The zero-order valence-corrected chi connectivity index (χ0v) is 13.5. The quantitative estimate of drug-likeness (QED) is 0.697. The normalized spacial score (nSPS) is 19.2. The molecule has 0 bridgehead atoms. The lowest BCUT2D eigenvalue weighted by Gasteiger charge is -2.30. The van der Waals surface area contributed by atoms with E-state index in [0.29, 0.717) is 11.8 Å². The first-order chi connectivity index (χ1) is 8.95. The Hall–Kier alpha value is -0.130. The van der Waals surface area contributed by atoms with Crippen molar-refractivity contribution in [3.63, 3.8) is 0 Å². The van der Waals surface area contributed by atoms with E-state index in [0.717, 1.165) is 51.2 Å². The van der Waals surface area contributed by atoms with Crippen LogP contribution >= 0.6 is 0 Å². The van der Waals surface area contributed by atoms with Gasteiger partial charge in [-0.1, -0.05) is 27.2 Å². The summed E-state index contributed by atoms with van der Waals surface area (Å²) < 4.78 is 26.1. The van der Waals surface area contributed by atoms with Crippen molar-refractivity contribution in [2.75, 3.05) is 25.4 Å². The lowest BCUT2D eigenvalue weighted by molar-refractivity contribution is 0.269. The lowest BCUT2D eigenvalue weighted by atomic mass is 9.96. The Morgan fingerprint density at radius 2 is 1.84 bits per heavy atom. The maximum atomic E-state index is 12.2. The number of piperidine rings is 1. The van der Waals surface area contributed by atoms with Crippen molar-refractivity contribution in [1.29, 1.82) is 0 Å². The van der Waals surface area contributed by atoms with Crippen LogP contribution in [0.5, 0.6) is 0 Å². The fourth-order valence-electron chi connectivity index (χ4n) is 2.52. The molecule has 0 aromatic heterocycles. The molecule has 1 fully saturated rings. The van der Waals surface area contributed by atoms with E-state index in [9.17, 15) is 8.42 Å². The molecular formula is C14H30N2O2S. The summed E-state index contributed by atoms with van der Waals surface area (Å²) in [6.45, 7) is 8.76. The van der Waals surface area contributed by atoms with Gasteiger partial charge in [-0.05, 0) is 38.1 Å². The first-order valence-electron chi connectivity index (χ1n) is 7.67. The molecule has 0 radical (unpaired) electrons. The monoisotopic (exact) mass is 290 g/mol. The molecule has 0 atom stereocenters. The van der Waals surface area contributed by atoms with Crippen LogP contribution in [0.15, 0.2) is 0 Å². The van der Waals surface area contributed by atoms with Crippen LogP contribution in [-0.4, -0.2) is 44.2 Å². The van der Waals surface area contributed by atoms with Crippen LogP contribution in [0.1, 0.15) is 52.9 Å². The highest BCUT2D eigenvalue weighted by Gasteiger charge is 2.26. The molecule has 114 valence electrons. The highest BCUT2D eigenvalue weighted by molar-refractivity contribution is 7.89. The minimum absolute atomic E-state index is 0.309. The number of hydrogen-bond donors (Lipinski definition) is 1. The van der Waals surface area contributed by atoms with Gasteiger partial charge < -0.3 is 5.32 Å². The SMILES string of the molecule is CCC1CCN(S(=O)(=O)CCCCNC(C)C)CC1. The molecule has 1 aliphatic rings. The molecule has 5 heteroatoms. The molecule has 0 saturated carbocycles. The topological polar surface area (TPSA) is 49.4 Å². The molecule has 0 spiro atoms. The summed E-state index contributed by atoms with van der Waals surface area (Å²) in [4.78, 5) is 0. The standard InChI is InChI=1S/C14H30N2O2S/c1-4-14-7-10-16(11-8-14)19(17,18)12-6-5-9-15-13(2)3/h13-15H,4-12H2,1-3H3. The molecule has 0 aromatic rings. The van der Waals surface area contributed by atoms with Crippen molar-refractivity contribution in [1.82, 2.24) is 9.62 Å². The number of hydrogen-bond acceptors (Lipinski definition) is 3. The highest BCUT2D eigenvalue weighted by atomic mass is 32.2. The Bertz CT molecular complexity index is 333. The Balaban J connectivity index is 2.24. The summed E-state index contributed by atoms with van der Waals surface area (Å²) in [7, 11) is -3.01. The second kappa shape index (κ2) is 8.22. The Kier molecular flexibility index (Phi) is 7.32. The van der Waals surface area contributed by atoms with E-state index >= 15 is 0 Å². The summed E-state index contributed by atoms with van der Waals surface area (Å²) >= 11 is 0. The second-order valence-electron chi connectivity index (χ2n) is 5.88. The third kappa shape index (κ3) is 6.23. The Morgan fingerprint density at radius 1 is 1.21 bits per heavy atom. The van der Waals surface area contributed by atoms with Gasteiger partial charge in [0.15, 0.2) is 0 Å². The molecule has 1 heterocycles. The van der Waals surface area contributed by atoms with Crippen LogP contribution in [0.25, 0.3) is 0 Å². The minimum Gasteiger partial charge on any atom is -0.315 e. The first-order valence-corrected chi connectivity index (χ1v) is 9.27. The summed E-state index contributed by atoms with van der Waals surface area (Å²) in [5, 5.41) is 3.32. The van der Waals surface area contributed by atoms with Crippen LogP contribution in [0.2, 0.25) is 0 Å². The summed E-state index contributed by atoms with van der Waals surface area (Å²) in [5.74, 6) is 1.03. The highest BCUT2D eigenvalue weighted by Crippen LogP contribution is 2.22. The van der Waals surface area contributed by atoms with Crippen LogP contribution in [0.3, 0.4) is 0 Å². The van der Waals surface area contributed by atoms with Crippen LogP contribution < -0.4 is 5.32 Å². The lowest BCUT2D eigenvalue weighted by Crippen LogP contribution is -2.39. The van der Waals surface area contributed by atoms with Crippen molar-refractivity contribution in [3.05, 3.63) is 0 Å². The fourth-order valence-corrected chi connectivity index (χ4v) is 4.12. The molecular weight excluding hydrogens is 260 g/mol. The third-order valence-corrected chi connectivity index (χ3v) is 5.88. The van der Waals surface area contributed by atoms with E-state index in [1.807, 2.05) is 0 Å². The van der Waals surface area contributed by atoms with Gasteiger partial charge in [-0.3, -0.25) is 0 Å². The van der Waals surface area contributed by atoms with Gasteiger partial charge in [-0.25, -0.2) is 12.7 Å². The van der Waals surface area contributed by atoms with Crippen LogP contribution in [0.4, 0.5) is 0 Å². The largest absolute Gasteiger partial charge is 0.315 e. The molecule has 4 nitrogen and oxygen atoms in total. The number of unbranched alkanes of at least 4 members (excludes halogenated alkanes) is 1. The van der Waals surface area contributed by atoms with Gasteiger partial charge in [0.2, 0.25) is 10.0 Å². The van der Waals surface area contributed by atoms with Crippen molar-refractivity contribution < 1.29 is 8.42 Å². The van der Waals surface area contributed by atoms with Crippen molar-refractivity contribution in [3.8, 4) is 0 Å². The number of nitrogens with zero attached hydrogens (tertiary/aromatic N) is 1. The molecule has 19 heavy (non-hydrogen) atoms. The molecule has 0 amide bonds. The van der Waals surface area contributed by atoms with Gasteiger partial charge in [0.1, 0.15) is 0 Å². The summed E-state index contributed by atoms with van der Waals surface area (Å²) in [5.41, 5.74) is 0. The predicted molar refractivity (Wildman–Crippen MR) is 80.7 cm³/mol. The Morgan fingerprint density at radius 3 is 2.37 bits per heavy atom. The van der Waals surface area contributed by atoms with Crippen LogP contribution in [0, 0.1) is 5.92 Å². The van der Waals surface area contributed by atoms with E-state index in [2.05, 4.69) is 26.1 Å². The van der Waals surface area contributed by atoms with Gasteiger partial charge in [-0.15, -0.1) is 0 Å². The predicted octanol–water partition coefficient (Wildman–Crippen LogP) is 2.22. The number of rotatable bonds is 8. The average Bonchev–Trinajstić information content (AvgIpc) is 2.38. The van der Waals surface area contributed by atoms with E-state index in [4.69, 9.17) is 0 Å². The van der Waals surface area contributed by atoms with E-state index in [1.54, 1.807) is 4.31 Å². The average molecular weight is 290 g/mol. The van der Waals surface area contributed by atoms with Gasteiger partial charge in [0.05, 0.1) is 5.75 Å². The maximum Gasteiger partial charge on any atom is 0.214 e.